The average Bonchev–Trinajstić information content (AvgIpc) is 2.64. The Kier molecular flexibility index (Phi) is 6.04. The summed E-state index contributed by atoms with van der Waals surface area (Å²) in [5.74, 6) is -0.361. The molecule has 0 aromatic heterocycles. The fourth-order valence-corrected chi connectivity index (χ4v) is 4.92. The second kappa shape index (κ2) is 8.29. The molecule has 0 bridgehead atoms. The van der Waals surface area contributed by atoms with Crippen LogP contribution in [0.2, 0.25) is 5.02 Å². The van der Waals surface area contributed by atoms with Crippen LogP contribution < -0.4 is 4.74 Å². The van der Waals surface area contributed by atoms with Crippen molar-refractivity contribution in [2.45, 2.75) is 30.3 Å². The lowest BCUT2D eigenvalue weighted by Gasteiger charge is -2.31. The van der Waals surface area contributed by atoms with Gasteiger partial charge in [-0.3, -0.25) is 4.79 Å². The molecule has 0 spiro atoms. The molecule has 0 saturated carbocycles. The van der Waals surface area contributed by atoms with E-state index >= 15 is 0 Å². The minimum absolute atomic E-state index is 0.0597. The topological polar surface area (TPSA) is 83.9 Å². The van der Waals surface area contributed by atoms with Crippen molar-refractivity contribution in [1.29, 1.82) is 0 Å². The minimum atomic E-state index is -3.74. The van der Waals surface area contributed by atoms with Crippen LogP contribution in [0.5, 0.6) is 5.75 Å². The number of piperidine rings is 1. The first-order valence-electron chi connectivity index (χ1n) is 8.58. The first-order chi connectivity index (χ1) is 12.9. The van der Waals surface area contributed by atoms with Gasteiger partial charge >= 0.3 is 5.97 Å². The molecule has 1 aliphatic heterocycles. The maximum atomic E-state index is 13.0. The molecule has 1 saturated heterocycles. The van der Waals surface area contributed by atoms with Gasteiger partial charge in [0.25, 0.3) is 0 Å². The summed E-state index contributed by atoms with van der Waals surface area (Å²) in [6, 6.07) is 13.3. The summed E-state index contributed by atoms with van der Waals surface area (Å²) in [7, 11) is -3.74. The van der Waals surface area contributed by atoms with Gasteiger partial charge in [-0.1, -0.05) is 29.8 Å². The van der Waals surface area contributed by atoms with Gasteiger partial charge < -0.3 is 9.84 Å². The molecule has 2 aromatic carbocycles. The molecule has 1 aliphatic rings. The Bertz CT molecular complexity index is 906. The zero-order valence-corrected chi connectivity index (χ0v) is 16.1. The Balaban J connectivity index is 1.68. The van der Waals surface area contributed by atoms with Crippen molar-refractivity contribution in [1.82, 2.24) is 4.31 Å². The predicted octanol–water partition coefficient (Wildman–Crippen LogP) is 3.20. The molecule has 2 aromatic rings. The Hall–Kier alpha value is -2.09. The van der Waals surface area contributed by atoms with E-state index in [0.717, 1.165) is 0 Å². The zero-order chi connectivity index (χ0) is 19.4. The lowest BCUT2D eigenvalue weighted by Crippen LogP contribution is -2.42. The molecule has 27 heavy (non-hydrogen) atoms. The number of hydrogen-bond acceptors (Lipinski definition) is 4. The van der Waals surface area contributed by atoms with Crippen LogP contribution in [0.1, 0.15) is 18.4 Å². The molecule has 6 nitrogen and oxygen atoms in total. The van der Waals surface area contributed by atoms with Crippen molar-refractivity contribution in [3.8, 4) is 5.75 Å². The molecule has 0 atom stereocenters. The summed E-state index contributed by atoms with van der Waals surface area (Å²) in [6.45, 7) is 0.643. The number of carboxylic acid groups (broad SMARTS) is 1. The van der Waals surface area contributed by atoms with E-state index in [0.29, 0.717) is 42.3 Å². The third-order valence-electron chi connectivity index (χ3n) is 4.45. The van der Waals surface area contributed by atoms with Gasteiger partial charge in [-0.25, -0.2) is 8.42 Å². The standard InChI is InChI=1S/C19H20ClNO5S/c20-15-5-7-16(8-6-15)26-17-9-11-21(12-10-17)27(24,25)18-4-2-1-3-14(18)13-19(22)23/h1-8,17H,9-13H2,(H,22,23). The van der Waals surface area contributed by atoms with E-state index in [9.17, 15) is 13.2 Å². The number of benzene rings is 2. The fraction of sp³-hybridized carbons (Fsp3) is 0.316. The van der Waals surface area contributed by atoms with Crippen molar-refractivity contribution in [3.05, 3.63) is 59.1 Å². The normalized spacial score (nSPS) is 16.2. The number of halogens is 1. The molecule has 144 valence electrons. The summed E-state index contributed by atoms with van der Waals surface area (Å²) in [6.07, 6.45) is 0.712. The summed E-state index contributed by atoms with van der Waals surface area (Å²) in [5.41, 5.74) is 0.296. The van der Waals surface area contributed by atoms with E-state index in [1.54, 1.807) is 36.4 Å². The van der Waals surface area contributed by atoms with E-state index in [2.05, 4.69) is 0 Å². The van der Waals surface area contributed by atoms with Crippen molar-refractivity contribution in [3.63, 3.8) is 0 Å². The van der Waals surface area contributed by atoms with Crippen molar-refractivity contribution >= 4 is 27.6 Å². The summed E-state index contributed by atoms with van der Waals surface area (Å²) in [4.78, 5) is 11.1. The molecule has 8 heteroatoms. The minimum Gasteiger partial charge on any atom is -0.490 e. The Morgan fingerprint density at radius 3 is 2.37 bits per heavy atom. The van der Waals surface area contributed by atoms with Crippen molar-refractivity contribution in [2.24, 2.45) is 0 Å². The van der Waals surface area contributed by atoms with Crippen LogP contribution in [0.15, 0.2) is 53.4 Å². The number of hydrogen-bond donors (Lipinski definition) is 1. The van der Waals surface area contributed by atoms with E-state index in [1.807, 2.05) is 0 Å². The molecule has 1 fully saturated rings. The van der Waals surface area contributed by atoms with E-state index < -0.39 is 16.0 Å². The van der Waals surface area contributed by atoms with Crippen molar-refractivity contribution in [2.75, 3.05) is 13.1 Å². The van der Waals surface area contributed by atoms with Gasteiger partial charge in [-0.2, -0.15) is 4.31 Å². The predicted molar refractivity (Wildman–Crippen MR) is 102 cm³/mol. The van der Waals surface area contributed by atoms with Crippen LogP contribution in [0, 0.1) is 0 Å². The number of carboxylic acids is 1. The van der Waals surface area contributed by atoms with Gasteiger partial charge in [-0.15, -0.1) is 0 Å². The van der Waals surface area contributed by atoms with Crippen LogP contribution in [0.4, 0.5) is 0 Å². The van der Waals surface area contributed by atoms with Gasteiger partial charge in [0.05, 0.1) is 11.3 Å². The maximum absolute atomic E-state index is 13.0. The number of sulfonamides is 1. The van der Waals surface area contributed by atoms with Crippen molar-refractivity contribution < 1.29 is 23.1 Å². The number of ether oxygens (including phenoxy) is 1. The molecule has 3 rings (SSSR count). The lowest BCUT2D eigenvalue weighted by atomic mass is 10.1. The monoisotopic (exact) mass is 409 g/mol. The number of nitrogens with zero attached hydrogens (tertiary/aromatic N) is 1. The van der Waals surface area contributed by atoms with Gasteiger partial charge in [0, 0.05) is 18.1 Å². The molecule has 0 radical (unpaired) electrons. The highest BCUT2D eigenvalue weighted by atomic mass is 35.5. The average molecular weight is 410 g/mol. The number of aliphatic carboxylic acids is 1. The largest absolute Gasteiger partial charge is 0.490 e. The summed E-state index contributed by atoms with van der Waals surface area (Å²) < 4.78 is 33.2. The summed E-state index contributed by atoms with van der Waals surface area (Å²) in [5, 5.41) is 9.65. The second-order valence-electron chi connectivity index (χ2n) is 6.35. The van der Waals surface area contributed by atoms with Crippen LogP contribution in [0.25, 0.3) is 0 Å². The smallest absolute Gasteiger partial charge is 0.307 e. The van der Waals surface area contributed by atoms with Crippen LogP contribution in [0.3, 0.4) is 0 Å². The van der Waals surface area contributed by atoms with Crippen LogP contribution >= 0.6 is 11.6 Å². The first kappa shape index (κ1) is 19.7. The molecular weight excluding hydrogens is 390 g/mol. The molecule has 0 aliphatic carbocycles. The molecule has 1 heterocycles. The third-order valence-corrected chi connectivity index (χ3v) is 6.70. The van der Waals surface area contributed by atoms with Gasteiger partial charge in [0.15, 0.2) is 0 Å². The van der Waals surface area contributed by atoms with Crippen LogP contribution in [-0.2, 0) is 21.2 Å². The third kappa shape index (κ3) is 4.80. The highest BCUT2D eigenvalue weighted by Crippen LogP contribution is 2.26. The van der Waals surface area contributed by atoms with E-state index in [4.69, 9.17) is 21.4 Å². The lowest BCUT2D eigenvalue weighted by molar-refractivity contribution is -0.136. The first-order valence-corrected chi connectivity index (χ1v) is 10.4. The Morgan fingerprint density at radius 2 is 1.74 bits per heavy atom. The molecular formula is C19H20ClNO5S. The Labute approximate surface area is 163 Å². The van der Waals surface area contributed by atoms with Gasteiger partial charge in [-0.05, 0) is 48.7 Å². The zero-order valence-electron chi connectivity index (χ0n) is 14.5. The SMILES string of the molecule is O=C(O)Cc1ccccc1S(=O)(=O)N1CCC(Oc2ccc(Cl)cc2)CC1. The Morgan fingerprint density at radius 1 is 1.11 bits per heavy atom. The fourth-order valence-electron chi connectivity index (χ4n) is 3.10. The maximum Gasteiger partial charge on any atom is 0.307 e. The quantitative estimate of drug-likeness (QED) is 0.792. The molecule has 0 amide bonds. The molecule has 0 unspecified atom stereocenters. The number of carbonyl (C=O) groups is 1. The van der Waals surface area contributed by atoms with Gasteiger partial charge in [0.2, 0.25) is 10.0 Å². The van der Waals surface area contributed by atoms with Crippen LogP contribution in [-0.4, -0.2) is 43.0 Å². The molecule has 1 N–H and O–H groups in total. The summed E-state index contributed by atoms with van der Waals surface area (Å²) >= 11 is 5.86. The van der Waals surface area contributed by atoms with Gasteiger partial charge in [0.1, 0.15) is 11.9 Å². The van der Waals surface area contributed by atoms with E-state index in [-0.39, 0.29) is 17.4 Å². The second-order valence-corrected chi connectivity index (χ2v) is 8.70. The highest BCUT2D eigenvalue weighted by Gasteiger charge is 2.31. The number of rotatable bonds is 6. The van der Waals surface area contributed by atoms with E-state index in [1.165, 1.54) is 16.4 Å². The highest BCUT2D eigenvalue weighted by molar-refractivity contribution is 7.89.